The Labute approximate surface area is 409 Å². The van der Waals surface area contributed by atoms with Gasteiger partial charge in [-0.05, 0) is 146 Å². The quantitative estimate of drug-likeness (QED) is 0.166. The Balaban J connectivity index is 1.34. The summed E-state index contributed by atoms with van der Waals surface area (Å²) in [7, 11) is 0. The van der Waals surface area contributed by atoms with Gasteiger partial charge in [0.25, 0.3) is 0 Å². The normalized spacial score (nSPS) is 16.6. The molecule has 0 spiro atoms. The largest absolute Gasteiger partial charge is 0.507 e. The molecule has 4 heteroatoms. The summed E-state index contributed by atoms with van der Waals surface area (Å²) in [5.74, 6) is -0.548. The van der Waals surface area contributed by atoms with Crippen molar-refractivity contribution >= 4 is 11.0 Å². The fourth-order valence-corrected chi connectivity index (χ4v) is 8.23. The van der Waals surface area contributed by atoms with Gasteiger partial charge in [-0.25, -0.2) is 4.98 Å². The predicted molar refractivity (Wildman–Crippen MR) is 274 cm³/mol. The SMILES string of the molecule is [2H]c1nc(-c2cc(-c3ccccc3)cc(-c3cccc4c3nc(-c3cc(C)cc(C)c3O)n4-c3ccc(C([2H])(C)C)cc3-c3ccc(C(C)(C)C)cc3)c2)c([2H])c(-c2c([2H])c([2H])c(C(C([2H])([2H])[2H])(C([2H])([2H])[2H])C([2H])([2H])[2H])c([2H])c2[2H])c1[2H]. The van der Waals surface area contributed by atoms with E-state index in [1.807, 2.05) is 117 Å². The summed E-state index contributed by atoms with van der Waals surface area (Å²) in [6, 6.07) is 31.8. The Morgan fingerprint density at radius 3 is 2.05 bits per heavy atom. The maximum atomic E-state index is 12.0. The van der Waals surface area contributed by atoms with Gasteiger partial charge in [-0.2, -0.15) is 0 Å². The lowest BCUT2D eigenvalue weighted by molar-refractivity contribution is 0.472. The first-order valence-electron chi connectivity index (χ1n) is 29.9. The fourth-order valence-electron chi connectivity index (χ4n) is 8.23. The van der Waals surface area contributed by atoms with Crippen LogP contribution in [0.1, 0.15) is 112 Å². The van der Waals surface area contributed by atoms with Gasteiger partial charge in [0, 0.05) is 36.6 Å². The Morgan fingerprint density at radius 2 is 1.34 bits per heavy atom. The standard InChI is InChI=1S/C61H59N3O/c1-38(2)44-23-28-55(52(36-44)43-21-26-50(27-22-43)61(8,9)10)64-56-18-14-17-51(57(56)63-59(64)53-32-39(3)31-40(4)58(53)65)47-33-46(41-15-12-11-13-16-41)34-48(35-47)54-37-45(29-30-62-54)42-19-24-49(25-20-42)60(5,6)7/h11-38,65H,1-10H3/i5D3,6D3,7D3,19D,20D,24D,25D,29D,30D,37D,38D. The summed E-state index contributed by atoms with van der Waals surface area (Å²) >= 11 is 0. The van der Waals surface area contributed by atoms with Crippen LogP contribution in [-0.4, -0.2) is 19.6 Å². The molecular weight excluding hydrogens is 791 g/mol. The number of hydrogen-bond acceptors (Lipinski definition) is 3. The van der Waals surface area contributed by atoms with Gasteiger partial charge in [-0.15, -0.1) is 0 Å². The first-order valence-corrected chi connectivity index (χ1v) is 21.4. The van der Waals surface area contributed by atoms with Crippen LogP contribution in [0.3, 0.4) is 0 Å². The van der Waals surface area contributed by atoms with Crippen LogP contribution >= 0.6 is 0 Å². The van der Waals surface area contributed by atoms with Crippen LogP contribution in [0.2, 0.25) is 0 Å². The molecule has 9 aromatic rings. The van der Waals surface area contributed by atoms with Crippen LogP contribution in [0.4, 0.5) is 0 Å². The average Bonchev–Trinajstić information content (AvgIpc) is 3.79. The Kier molecular flexibility index (Phi) is 7.07. The first-order chi connectivity index (χ1) is 38.0. The maximum absolute atomic E-state index is 12.0. The number of aromatic hydroxyl groups is 1. The van der Waals surface area contributed by atoms with Crippen LogP contribution in [0.25, 0.3) is 83.9 Å². The summed E-state index contributed by atoms with van der Waals surface area (Å²) in [6.07, 6.45) is -0.752. The molecule has 2 aromatic heterocycles. The molecule has 2 heterocycles. The number of nitrogens with zero attached hydrogens (tertiary/aromatic N) is 3. The van der Waals surface area contributed by atoms with Crippen LogP contribution in [0, 0.1) is 13.8 Å². The summed E-state index contributed by atoms with van der Waals surface area (Å²) < 4.78 is 150. The summed E-state index contributed by atoms with van der Waals surface area (Å²) in [6.45, 7) is 2.04. The molecule has 0 aliphatic rings. The molecule has 0 unspecified atom stereocenters. The van der Waals surface area contributed by atoms with Gasteiger partial charge in [0.15, 0.2) is 0 Å². The lowest BCUT2D eigenvalue weighted by atomic mass is 9.86. The molecule has 1 N–H and O–H groups in total. The molecule has 0 aliphatic carbocycles. The van der Waals surface area contributed by atoms with E-state index in [9.17, 15) is 9.22 Å². The number of rotatable bonds is 8. The number of aromatic nitrogens is 3. The number of imidazole rings is 1. The smallest absolute Gasteiger partial charge is 0.149 e. The maximum Gasteiger partial charge on any atom is 0.149 e. The van der Waals surface area contributed by atoms with E-state index in [0.717, 1.165) is 33.4 Å². The number of fused-ring (bicyclic) bond motifs is 1. The van der Waals surface area contributed by atoms with Crippen molar-refractivity contribution in [3.05, 3.63) is 192 Å². The second kappa shape index (κ2) is 16.8. The van der Waals surface area contributed by atoms with Gasteiger partial charge in [0.2, 0.25) is 0 Å². The van der Waals surface area contributed by atoms with E-state index in [1.165, 1.54) is 0 Å². The van der Waals surface area contributed by atoms with Crippen molar-refractivity contribution in [3.8, 4) is 78.6 Å². The monoisotopic (exact) mass is 867 g/mol. The summed E-state index contributed by atoms with van der Waals surface area (Å²) in [5, 5.41) is 12.0. The molecule has 9 rings (SSSR count). The highest BCUT2D eigenvalue weighted by atomic mass is 16.3. The third-order valence-corrected chi connectivity index (χ3v) is 11.7. The van der Waals surface area contributed by atoms with Crippen molar-refractivity contribution < 1.29 is 28.4 Å². The number of benzene rings is 7. The van der Waals surface area contributed by atoms with Gasteiger partial charge in [0.05, 0.1) is 37.6 Å². The second-order valence-electron chi connectivity index (χ2n) is 17.8. The third-order valence-electron chi connectivity index (χ3n) is 11.7. The van der Waals surface area contributed by atoms with E-state index in [0.29, 0.717) is 50.4 Å². The Morgan fingerprint density at radius 1 is 0.615 bits per heavy atom. The molecule has 0 fully saturated rings. The van der Waals surface area contributed by atoms with E-state index < -0.39 is 91.0 Å². The zero-order valence-electron chi connectivity index (χ0n) is 54.3. The molecule has 0 radical (unpaired) electrons. The molecule has 0 atom stereocenters. The van der Waals surface area contributed by atoms with E-state index >= 15 is 0 Å². The topological polar surface area (TPSA) is 50.9 Å². The number of hydrogen-bond donors (Lipinski definition) is 1. The zero-order valence-corrected chi connectivity index (χ0v) is 37.3. The second-order valence-corrected chi connectivity index (χ2v) is 17.8. The third kappa shape index (κ3) is 8.54. The molecule has 0 saturated carbocycles. The highest BCUT2D eigenvalue weighted by Crippen LogP contribution is 2.43. The first kappa shape index (κ1) is 27.3. The fraction of sp³-hybridized carbons (Fsp3) is 0.213. The average molecular weight is 867 g/mol. The van der Waals surface area contributed by atoms with Crippen LogP contribution in [-0.2, 0) is 10.8 Å². The molecule has 0 aliphatic heterocycles. The van der Waals surface area contributed by atoms with E-state index in [1.54, 1.807) is 12.1 Å². The van der Waals surface area contributed by atoms with Gasteiger partial charge in [-0.3, -0.25) is 9.55 Å². The van der Waals surface area contributed by atoms with E-state index in [4.69, 9.17) is 24.2 Å². The summed E-state index contributed by atoms with van der Waals surface area (Å²) in [4.78, 5) is 9.83. The molecule has 4 nitrogen and oxygen atoms in total. The molecule has 65 heavy (non-hydrogen) atoms. The number of pyridine rings is 1. The number of aryl methyl sites for hydroxylation is 2. The minimum absolute atomic E-state index is 0.0218. The van der Waals surface area contributed by atoms with Gasteiger partial charge in [-0.1, -0.05) is 158 Å². The Bertz CT molecular complexity index is 3950. The van der Waals surface area contributed by atoms with E-state index in [2.05, 4.69) is 50.0 Å². The molecule has 324 valence electrons. The van der Waals surface area contributed by atoms with E-state index in [-0.39, 0.29) is 22.4 Å². The Hall–Kier alpha value is -7.04. The highest BCUT2D eigenvalue weighted by molar-refractivity contribution is 5.98. The minimum Gasteiger partial charge on any atom is -0.507 e. The highest BCUT2D eigenvalue weighted by Gasteiger charge is 2.24. The molecule has 0 saturated heterocycles. The zero-order chi connectivity index (χ0) is 60.3. The van der Waals surface area contributed by atoms with Crippen molar-refractivity contribution in [2.24, 2.45) is 0 Å². The van der Waals surface area contributed by atoms with Crippen LogP contribution in [0.15, 0.2) is 164 Å². The summed E-state index contributed by atoms with van der Waals surface area (Å²) in [5.41, 5.74) is 2.89. The number of para-hydroxylation sites is 1. The molecule has 0 amide bonds. The lowest BCUT2D eigenvalue weighted by Gasteiger charge is -2.21. The predicted octanol–water partition coefficient (Wildman–Crippen LogP) is 16.5. The van der Waals surface area contributed by atoms with Crippen LogP contribution in [0.5, 0.6) is 5.75 Å². The van der Waals surface area contributed by atoms with Crippen molar-refractivity contribution in [2.75, 3.05) is 0 Å². The van der Waals surface area contributed by atoms with Crippen molar-refractivity contribution in [1.29, 1.82) is 0 Å². The number of phenols is 1. The molecule has 7 aromatic carbocycles. The number of phenolic OH excluding ortho intramolecular Hbond substituents is 1. The van der Waals surface area contributed by atoms with Crippen molar-refractivity contribution in [3.63, 3.8) is 0 Å². The van der Waals surface area contributed by atoms with Crippen LogP contribution < -0.4 is 0 Å². The van der Waals surface area contributed by atoms with Gasteiger partial charge < -0.3 is 5.11 Å². The lowest BCUT2D eigenvalue weighted by Crippen LogP contribution is -2.10. The van der Waals surface area contributed by atoms with Gasteiger partial charge >= 0.3 is 0 Å². The van der Waals surface area contributed by atoms with Gasteiger partial charge in [0.1, 0.15) is 11.6 Å². The molecular formula is C61H59N3O. The van der Waals surface area contributed by atoms with Crippen molar-refractivity contribution in [1.82, 2.24) is 14.5 Å². The molecule has 0 bridgehead atoms. The minimum atomic E-state index is -3.94. The van der Waals surface area contributed by atoms with Crippen molar-refractivity contribution in [2.45, 2.75) is 85.7 Å².